The third kappa shape index (κ3) is 3.23. The summed E-state index contributed by atoms with van der Waals surface area (Å²) in [5.74, 6) is 0.428. The molecule has 2 aliphatic heterocycles. The third-order valence-corrected chi connectivity index (χ3v) is 5.34. The normalized spacial score (nSPS) is 25.0. The lowest BCUT2D eigenvalue weighted by Crippen LogP contribution is -2.37. The van der Waals surface area contributed by atoms with Crippen LogP contribution in [0.4, 0.5) is 0 Å². The summed E-state index contributed by atoms with van der Waals surface area (Å²) in [6, 6.07) is 5.65. The molecule has 2 saturated heterocycles. The van der Waals surface area contributed by atoms with E-state index >= 15 is 0 Å². The summed E-state index contributed by atoms with van der Waals surface area (Å²) in [6.45, 7) is 5.15. The van der Waals surface area contributed by atoms with Gasteiger partial charge in [0.05, 0.1) is 11.8 Å². The highest BCUT2D eigenvalue weighted by molar-refractivity contribution is 5.85. The van der Waals surface area contributed by atoms with Crippen molar-refractivity contribution in [1.29, 1.82) is 0 Å². The Morgan fingerprint density at radius 1 is 1.22 bits per heavy atom. The number of likely N-dealkylation sites (tertiary alicyclic amines) is 2. The number of amides is 2. The second kappa shape index (κ2) is 6.69. The smallest absolute Gasteiger partial charge is 0.228 e. The zero-order chi connectivity index (χ0) is 16.3. The zero-order valence-corrected chi connectivity index (χ0v) is 13.8. The van der Waals surface area contributed by atoms with Crippen LogP contribution in [0.1, 0.15) is 38.3 Å². The molecule has 0 unspecified atom stereocenters. The van der Waals surface area contributed by atoms with Gasteiger partial charge in [-0.2, -0.15) is 0 Å². The fourth-order valence-corrected chi connectivity index (χ4v) is 3.87. The van der Waals surface area contributed by atoms with E-state index in [0.717, 1.165) is 51.0 Å². The van der Waals surface area contributed by atoms with E-state index in [1.54, 1.807) is 6.20 Å². The van der Waals surface area contributed by atoms with Crippen LogP contribution in [0, 0.1) is 5.41 Å². The lowest BCUT2D eigenvalue weighted by molar-refractivity contribution is -0.137. The van der Waals surface area contributed by atoms with Crippen molar-refractivity contribution in [3.63, 3.8) is 0 Å². The highest BCUT2D eigenvalue weighted by Gasteiger charge is 2.46. The molecule has 2 amide bonds. The van der Waals surface area contributed by atoms with Gasteiger partial charge < -0.3 is 9.80 Å². The Morgan fingerprint density at radius 2 is 2.04 bits per heavy atom. The summed E-state index contributed by atoms with van der Waals surface area (Å²) in [5.41, 5.74) is 0.598. The first kappa shape index (κ1) is 16.0. The van der Waals surface area contributed by atoms with Gasteiger partial charge in [-0.3, -0.25) is 14.6 Å². The molecule has 2 aliphatic rings. The molecule has 0 saturated carbocycles. The molecule has 0 bridgehead atoms. The number of hydrogen-bond donors (Lipinski definition) is 0. The lowest BCUT2D eigenvalue weighted by Gasteiger charge is -2.26. The Bertz CT molecular complexity index is 575. The molecule has 2 fully saturated rings. The summed E-state index contributed by atoms with van der Waals surface area (Å²) in [7, 11) is 0. The molecule has 1 spiro atoms. The van der Waals surface area contributed by atoms with Crippen LogP contribution >= 0.6 is 0 Å². The standard InChI is InChI=1S/C18H25N3O2/c1-2-20-12-8-18(17(20)23)7-5-11-21(13-9-18)16(22)14-15-6-3-4-10-19-15/h3-4,6,10H,2,5,7-9,11-14H2,1H3/t18-/m0/s1. The zero-order valence-electron chi connectivity index (χ0n) is 13.8. The molecule has 3 heterocycles. The Balaban J connectivity index is 1.63. The summed E-state index contributed by atoms with van der Waals surface area (Å²) in [4.78, 5) is 33.3. The first-order valence-corrected chi connectivity index (χ1v) is 8.62. The molecule has 0 aromatic carbocycles. The van der Waals surface area contributed by atoms with Crippen molar-refractivity contribution in [3.05, 3.63) is 30.1 Å². The average Bonchev–Trinajstić information content (AvgIpc) is 2.74. The maximum Gasteiger partial charge on any atom is 0.228 e. The van der Waals surface area contributed by atoms with Gasteiger partial charge in [-0.05, 0) is 44.7 Å². The molecular weight excluding hydrogens is 290 g/mol. The minimum atomic E-state index is -0.212. The van der Waals surface area contributed by atoms with E-state index < -0.39 is 0 Å². The Labute approximate surface area is 137 Å². The minimum Gasteiger partial charge on any atom is -0.342 e. The molecule has 5 heteroatoms. The number of nitrogens with zero attached hydrogens (tertiary/aromatic N) is 3. The second-order valence-corrected chi connectivity index (χ2v) is 6.65. The first-order valence-electron chi connectivity index (χ1n) is 8.62. The molecule has 1 aromatic heterocycles. The van der Waals surface area contributed by atoms with Crippen LogP contribution < -0.4 is 0 Å². The van der Waals surface area contributed by atoms with Crippen LogP contribution in [0.15, 0.2) is 24.4 Å². The van der Waals surface area contributed by atoms with Gasteiger partial charge in [0.2, 0.25) is 11.8 Å². The van der Waals surface area contributed by atoms with Gasteiger partial charge in [0.15, 0.2) is 0 Å². The summed E-state index contributed by atoms with van der Waals surface area (Å²) in [5, 5.41) is 0. The predicted octanol–water partition coefficient (Wildman–Crippen LogP) is 1.88. The molecular formula is C18H25N3O2. The Kier molecular flexibility index (Phi) is 4.64. The summed E-state index contributed by atoms with van der Waals surface area (Å²) in [6.07, 6.45) is 5.64. The highest BCUT2D eigenvalue weighted by atomic mass is 16.2. The number of hydrogen-bond acceptors (Lipinski definition) is 3. The highest BCUT2D eigenvalue weighted by Crippen LogP contribution is 2.41. The molecule has 23 heavy (non-hydrogen) atoms. The number of aromatic nitrogens is 1. The molecule has 0 aliphatic carbocycles. The van der Waals surface area contributed by atoms with Crippen molar-refractivity contribution in [3.8, 4) is 0 Å². The largest absolute Gasteiger partial charge is 0.342 e. The quantitative estimate of drug-likeness (QED) is 0.856. The molecule has 5 nitrogen and oxygen atoms in total. The molecule has 0 radical (unpaired) electrons. The van der Waals surface area contributed by atoms with Crippen molar-refractivity contribution >= 4 is 11.8 Å². The average molecular weight is 315 g/mol. The SMILES string of the molecule is CCN1CC[C@]2(CCCN(C(=O)Cc3ccccn3)CC2)C1=O. The van der Waals surface area contributed by atoms with Gasteiger partial charge in [-0.25, -0.2) is 0 Å². The maximum absolute atomic E-state index is 12.6. The molecule has 124 valence electrons. The first-order chi connectivity index (χ1) is 11.1. The van der Waals surface area contributed by atoms with Crippen LogP contribution in [0.3, 0.4) is 0 Å². The molecule has 1 aromatic rings. The van der Waals surface area contributed by atoms with E-state index in [1.165, 1.54) is 0 Å². The van der Waals surface area contributed by atoms with Crippen molar-refractivity contribution in [2.45, 2.75) is 39.0 Å². The minimum absolute atomic E-state index is 0.124. The van der Waals surface area contributed by atoms with Crippen LogP contribution in [-0.2, 0) is 16.0 Å². The maximum atomic E-state index is 12.6. The van der Waals surface area contributed by atoms with E-state index in [2.05, 4.69) is 4.98 Å². The Morgan fingerprint density at radius 3 is 2.74 bits per heavy atom. The van der Waals surface area contributed by atoms with Gasteiger partial charge in [0.1, 0.15) is 0 Å². The monoisotopic (exact) mass is 315 g/mol. The van der Waals surface area contributed by atoms with Crippen molar-refractivity contribution in [2.75, 3.05) is 26.2 Å². The van der Waals surface area contributed by atoms with E-state index in [1.807, 2.05) is 34.9 Å². The van der Waals surface area contributed by atoms with Crippen LogP contribution in [0.25, 0.3) is 0 Å². The van der Waals surface area contributed by atoms with Gasteiger partial charge in [0, 0.05) is 38.1 Å². The van der Waals surface area contributed by atoms with Crippen molar-refractivity contribution < 1.29 is 9.59 Å². The van der Waals surface area contributed by atoms with Crippen LogP contribution in [-0.4, -0.2) is 52.8 Å². The van der Waals surface area contributed by atoms with Gasteiger partial charge in [0.25, 0.3) is 0 Å². The molecule has 3 rings (SSSR count). The van der Waals surface area contributed by atoms with E-state index in [4.69, 9.17) is 0 Å². The lowest BCUT2D eigenvalue weighted by atomic mass is 9.79. The number of carbonyl (C=O) groups is 2. The fourth-order valence-electron chi connectivity index (χ4n) is 3.87. The predicted molar refractivity (Wildman–Crippen MR) is 87.7 cm³/mol. The van der Waals surface area contributed by atoms with Gasteiger partial charge in [-0.1, -0.05) is 6.07 Å². The number of pyridine rings is 1. The van der Waals surface area contributed by atoms with Gasteiger partial charge in [-0.15, -0.1) is 0 Å². The Hall–Kier alpha value is -1.91. The van der Waals surface area contributed by atoms with Crippen LogP contribution in [0.2, 0.25) is 0 Å². The van der Waals surface area contributed by atoms with E-state index in [9.17, 15) is 9.59 Å². The van der Waals surface area contributed by atoms with Crippen molar-refractivity contribution in [2.24, 2.45) is 5.41 Å². The molecule has 1 atom stereocenters. The van der Waals surface area contributed by atoms with Crippen LogP contribution in [0.5, 0.6) is 0 Å². The van der Waals surface area contributed by atoms with E-state index in [0.29, 0.717) is 18.9 Å². The van der Waals surface area contributed by atoms with Crippen molar-refractivity contribution in [1.82, 2.24) is 14.8 Å². The number of carbonyl (C=O) groups excluding carboxylic acids is 2. The summed E-state index contributed by atoms with van der Waals surface area (Å²) >= 11 is 0. The second-order valence-electron chi connectivity index (χ2n) is 6.65. The molecule has 0 N–H and O–H groups in total. The topological polar surface area (TPSA) is 53.5 Å². The fraction of sp³-hybridized carbons (Fsp3) is 0.611. The number of rotatable bonds is 3. The van der Waals surface area contributed by atoms with E-state index in [-0.39, 0.29) is 11.3 Å². The third-order valence-electron chi connectivity index (χ3n) is 5.34. The summed E-state index contributed by atoms with van der Waals surface area (Å²) < 4.78 is 0. The van der Waals surface area contributed by atoms with Gasteiger partial charge >= 0.3 is 0 Å².